The molecule has 2 atom stereocenters. The van der Waals surface area contributed by atoms with E-state index in [2.05, 4.69) is 15.9 Å². The molecule has 1 N–H and O–H groups in total. The van der Waals surface area contributed by atoms with Crippen LogP contribution in [0, 0.1) is 0 Å². The van der Waals surface area contributed by atoms with Gasteiger partial charge in [-0.3, -0.25) is 4.79 Å². The molecular weight excluding hydrogens is 305 g/mol. The van der Waals surface area contributed by atoms with Crippen LogP contribution in [0.5, 0.6) is 0 Å². The van der Waals surface area contributed by atoms with Crippen molar-refractivity contribution in [1.29, 1.82) is 0 Å². The Balaban J connectivity index is 2.22. The number of aliphatic hydroxyl groups excluding tert-OH is 1. The standard InChI is InChI=1S/C12H13BrClNO2/c1-7-4-9(16)6-15(7)12(17)8-2-3-10(13)11(14)5-8/h2-3,5,7,9,16H,4,6H2,1H3/t7-,9-/m1/s1. The molecule has 92 valence electrons. The average molecular weight is 319 g/mol. The number of halogens is 2. The molecule has 5 heteroatoms. The molecule has 1 aliphatic rings. The second-order valence-corrected chi connectivity index (χ2v) is 5.59. The molecule has 1 amide bonds. The van der Waals surface area contributed by atoms with Gasteiger partial charge in [-0.15, -0.1) is 0 Å². The van der Waals surface area contributed by atoms with Crippen LogP contribution in [0.2, 0.25) is 5.02 Å². The summed E-state index contributed by atoms with van der Waals surface area (Å²) in [5.41, 5.74) is 0.555. The molecule has 0 aromatic heterocycles. The molecule has 1 saturated heterocycles. The van der Waals surface area contributed by atoms with E-state index in [0.717, 1.165) is 4.47 Å². The fourth-order valence-corrected chi connectivity index (χ4v) is 2.51. The van der Waals surface area contributed by atoms with Crippen molar-refractivity contribution in [2.45, 2.75) is 25.5 Å². The van der Waals surface area contributed by atoms with Crippen LogP contribution in [0.1, 0.15) is 23.7 Å². The molecule has 0 bridgehead atoms. The Labute approximate surface area is 114 Å². The maximum atomic E-state index is 12.2. The zero-order valence-electron chi connectivity index (χ0n) is 9.36. The SMILES string of the molecule is C[C@@H]1C[C@@H](O)CN1C(=O)c1ccc(Br)c(Cl)c1. The minimum Gasteiger partial charge on any atom is -0.391 e. The first-order valence-electron chi connectivity index (χ1n) is 5.43. The van der Waals surface area contributed by atoms with Crippen LogP contribution in [0.15, 0.2) is 22.7 Å². The quantitative estimate of drug-likeness (QED) is 0.865. The number of hydrogen-bond acceptors (Lipinski definition) is 2. The Morgan fingerprint density at radius 3 is 2.82 bits per heavy atom. The van der Waals surface area contributed by atoms with Gasteiger partial charge in [0.2, 0.25) is 0 Å². The van der Waals surface area contributed by atoms with Gasteiger partial charge in [0.25, 0.3) is 5.91 Å². The summed E-state index contributed by atoms with van der Waals surface area (Å²) in [4.78, 5) is 13.9. The van der Waals surface area contributed by atoms with E-state index in [4.69, 9.17) is 11.6 Å². The lowest BCUT2D eigenvalue weighted by molar-refractivity contribution is 0.0726. The molecule has 0 unspecified atom stereocenters. The van der Waals surface area contributed by atoms with Crippen LogP contribution in [-0.4, -0.2) is 34.6 Å². The van der Waals surface area contributed by atoms with E-state index in [-0.39, 0.29) is 11.9 Å². The van der Waals surface area contributed by atoms with Gasteiger partial charge in [-0.2, -0.15) is 0 Å². The maximum absolute atomic E-state index is 12.2. The van der Waals surface area contributed by atoms with Crippen LogP contribution in [-0.2, 0) is 0 Å². The molecule has 1 aromatic rings. The van der Waals surface area contributed by atoms with Crippen molar-refractivity contribution in [3.05, 3.63) is 33.3 Å². The highest BCUT2D eigenvalue weighted by Gasteiger charge is 2.31. The van der Waals surface area contributed by atoms with Gasteiger partial charge in [0.15, 0.2) is 0 Å². The van der Waals surface area contributed by atoms with Crippen LogP contribution in [0.4, 0.5) is 0 Å². The third-order valence-corrected chi connectivity index (χ3v) is 4.21. The third kappa shape index (κ3) is 2.64. The Morgan fingerprint density at radius 2 is 2.29 bits per heavy atom. The summed E-state index contributed by atoms with van der Waals surface area (Å²) in [5.74, 6) is -0.0801. The van der Waals surface area contributed by atoms with E-state index in [9.17, 15) is 9.90 Å². The molecule has 0 saturated carbocycles. The predicted octanol–water partition coefficient (Wildman–Crippen LogP) is 2.70. The average Bonchev–Trinajstić information content (AvgIpc) is 2.61. The van der Waals surface area contributed by atoms with Gasteiger partial charge in [0.1, 0.15) is 0 Å². The Morgan fingerprint density at radius 1 is 1.59 bits per heavy atom. The summed E-state index contributed by atoms with van der Waals surface area (Å²) in [6.07, 6.45) is 0.218. The summed E-state index contributed by atoms with van der Waals surface area (Å²) in [6.45, 7) is 2.34. The van der Waals surface area contributed by atoms with Gasteiger partial charge in [-0.1, -0.05) is 11.6 Å². The number of nitrogens with zero attached hydrogens (tertiary/aromatic N) is 1. The first-order chi connectivity index (χ1) is 7.99. The lowest BCUT2D eigenvalue weighted by Gasteiger charge is -2.21. The third-order valence-electron chi connectivity index (χ3n) is 2.98. The number of hydrogen-bond donors (Lipinski definition) is 1. The number of rotatable bonds is 1. The summed E-state index contributed by atoms with van der Waals surface area (Å²) < 4.78 is 0.769. The van der Waals surface area contributed by atoms with Crippen molar-refractivity contribution in [2.24, 2.45) is 0 Å². The fraction of sp³-hybridized carbons (Fsp3) is 0.417. The van der Waals surface area contributed by atoms with Gasteiger partial charge in [-0.05, 0) is 47.5 Å². The number of amides is 1. The van der Waals surface area contributed by atoms with Gasteiger partial charge >= 0.3 is 0 Å². The van der Waals surface area contributed by atoms with Gasteiger partial charge < -0.3 is 10.0 Å². The monoisotopic (exact) mass is 317 g/mol. The molecule has 0 spiro atoms. The summed E-state index contributed by atoms with van der Waals surface area (Å²) >= 11 is 9.25. The number of carbonyl (C=O) groups excluding carboxylic acids is 1. The normalized spacial score (nSPS) is 24.1. The Bertz CT molecular complexity index is 452. The van der Waals surface area contributed by atoms with Crippen molar-refractivity contribution in [2.75, 3.05) is 6.54 Å². The molecular formula is C12H13BrClNO2. The lowest BCUT2D eigenvalue weighted by atomic mass is 10.2. The van der Waals surface area contributed by atoms with Crippen LogP contribution < -0.4 is 0 Å². The molecule has 1 aliphatic heterocycles. The van der Waals surface area contributed by atoms with E-state index in [0.29, 0.717) is 23.6 Å². The number of benzene rings is 1. The summed E-state index contributed by atoms with van der Waals surface area (Å²) in [6, 6.07) is 5.20. The predicted molar refractivity (Wildman–Crippen MR) is 70.3 cm³/mol. The van der Waals surface area contributed by atoms with Crippen LogP contribution >= 0.6 is 27.5 Å². The second kappa shape index (κ2) is 4.96. The molecule has 0 radical (unpaired) electrons. The molecule has 1 heterocycles. The largest absolute Gasteiger partial charge is 0.391 e. The van der Waals surface area contributed by atoms with E-state index in [1.165, 1.54) is 0 Å². The zero-order valence-corrected chi connectivity index (χ0v) is 11.7. The van der Waals surface area contributed by atoms with Crippen molar-refractivity contribution < 1.29 is 9.90 Å². The number of likely N-dealkylation sites (tertiary alicyclic amines) is 1. The van der Waals surface area contributed by atoms with E-state index < -0.39 is 6.10 Å². The Kier molecular flexibility index (Phi) is 3.76. The fourth-order valence-electron chi connectivity index (χ4n) is 2.08. The number of carbonyl (C=O) groups is 1. The number of β-amino-alcohol motifs (C(OH)–C–C–N with tert-alkyl or cyclic N) is 1. The highest BCUT2D eigenvalue weighted by molar-refractivity contribution is 9.10. The topological polar surface area (TPSA) is 40.5 Å². The molecule has 1 fully saturated rings. The second-order valence-electron chi connectivity index (χ2n) is 4.32. The molecule has 3 nitrogen and oxygen atoms in total. The van der Waals surface area contributed by atoms with Crippen molar-refractivity contribution in [3.63, 3.8) is 0 Å². The van der Waals surface area contributed by atoms with Gasteiger partial charge in [0.05, 0.1) is 11.1 Å². The first-order valence-corrected chi connectivity index (χ1v) is 6.60. The molecule has 1 aromatic carbocycles. The summed E-state index contributed by atoms with van der Waals surface area (Å²) in [5, 5.41) is 10.1. The van der Waals surface area contributed by atoms with Crippen molar-refractivity contribution in [3.8, 4) is 0 Å². The van der Waals surface area contributed by atoms with Gasteiger partial charge in [0, 0.05) is 22.6 Å². The maximum Gasteiger partial charge on any atom is 0.254 e. The van der Waals surface area contributed by atoms with Crippen LogP contribution in [0.3, 0.4) is 0 Å². The Hall–Kier alpha value is -0.580. The minimum absolute atomic E-state index is 0.0694. The molecule has 2 rings (SSSR count). The summed E-state index contributed by atoms with van der Waals surface area (Å²) in [7, 11) is 0. The van der Waals surface area contributed by atoms with E-state index in [1.807, 2.05) is 6.92 Å². The van der Waals surface area contributed by atoms with Crippen molar-refractivity contribution >= 4 is 33.4 Å². The van der Waals surface area contributed by atoms with Crippen molar-refractivity contribution in [1.82, 2.24) is 4.90 Å². The number of aliphatic hydroxyl groups is 1. The molecule has 0 aliphatic carbocycles. The van der Waals surface area contributed by atoms with Gasteiger partial charge in [-0.25, -0.2) is 0 Å². The minimum atomic E-state index is -0.417. The van der Waals surface area contributed by atoms with Crippen LogP contribution in [0.25, 0.3) is 0 Å². The highest BCUT2D eigenvalue weighted by Crippen LogP contribution is 2.26. The highest BCUT2D eigenvalue weighted by atomic mass is 79.9. The van der Waals surface area contributed by atoms with E-state index in [1.54, 1.807) is 23.1 Å². The molecule has 17 heavy (non-hydrogen) atoms. The smallest absolute Gasteiger partial charge is 0.254 e. The van der Waals surface area contributed by atoms with E-state index >= 15 is 0 Å². The first kappa shape index (κ1) is 12.9. The lowest BCUT2D eigenvalue weighted by Crippen LogP contribution is -2.34. The zero-order chi connectivity index (χ0) is 12.6.